The molecule has 1 aliphatic rings. The molecule has 1 aliphatic carbocycles. The molecule has 0 amide bonds. The summed E-state index contributed by atoms with van der Waals surface area (Å²) in [6, 6.07) is 2.07. The highest BCUT2D eigenvalue weighted by molar-refractivity contribution is 5.92. The first-order chi connectivity index (χ1) is 11.9. The van der Waals surface area contributed by atoms with Crippen molar-refractivity contribution < 1.29 is 0 Å². The minimum absolute atomic E-state index is 0.507. The average molecular weight is 324 g/mol. The minimum atomic E-state index is 0.507. The molecule has 0 radical (unpaired) electrons. The second kappa shape index (κ2) is 6.73. The van der Waals surface area contributed by atoms with E-state index in [0.717, 1.165) is 47.7 Å². The molecule has 0 bridgehead atoms. The van der Waals surface area contributed by atoms with Crippen LogP contribution in [-0.4, -0.2) is 37.9 Å². The van der Waals surface area contributed by atoms with Crippen LogP contribution >= 0.6 is 0 Å². The Hall–Kier alpha value is -2.21. The summed E-state index contributed by atoms with van der Waals surface area (Å²) < 4.78 is 1.81. The molecule has 1 fully saturated rings. The van der Waals surface area contributed by atoms with Crippen LogP contribution in [-0.2, 0) is 0 Å². The highest BCUT2D eigenvalue weighted by Crippen LogP contribution is 2.37. The van der Waals surface area contributed by atoms with Gasteiger partial charge in [-0.15, -0.1) is 11.7 Å². The first-order valence-electron chi connectivity index (χ1n) is 8.85. The van der Waals surface area contributed by atoms with Crippen LogP contribution in [0, 0.1) is 5.92 Å². The zero-order valence-electron chi connectivity index (χ0n) is 13.9. The standard InChI is InChI=1S/C18H24N6/c1-2-3-9-19-11-13-4-6-14(7-5-13)16-17-15-8-10-20-18(15)21-12-24(17)23-22-16/h2,8,10,12-14,19-20H,1,3-7,9,11H2/t13-,14-. The highest BCUT2D eigenvalue weighted by atomic mass is 15.4. The molecule has 0 aromatic carbocycles. The molecule has 24 heavy (non-hydrogen) atoms. The van der Waals surface area contributed by atoms with Gasteiger partial charge in [-0.3, -0.25) is 0 Å². The zero-order chi connectivity index (χ0) is 16.4. The Kier molecular flexibility index (Phi) is 4.30. The van der Waals surface area contributed by atoms with Crippen molar-refractivity contribution in [3.63, 3.8) is 0 Å². The number of H-pyrrole nitrogens is 1. The van der Waals surface area contributed by atoms with Gasteiger partial charge < -0.3 is 10.3 Å². The van der Waals surface area contributed by atoms with Crippen molar-refractivity contribution in [2.45, 2.75) is 38.0 Å². The summed E-state index contributed by atoms with van der Waals surface area (Å²) in [7, 11) is 0. The number of hydrogen-bond acceptors (Lipinski definition) is 4. The Morgan fingerprint density at radius 3 is 3.04 bits per heavy atom. The van der Waals surface area contributed by atoms with Gasteiger partial charge in [0, 0.05) is 17.5 Å². The van der Waals surface area contributed by atoms with E-state index in [9.17, 15) is 0 Å². The van der Waals surface area contributed by atoms with Gasteiger partial charge in [-0.05, 0) is 57.2 Å². The smallest absolute Gasteiger partial charge is 0.141 e. The molecule has 6 heteroatoms. The maximum absolute atomic E-state index is 4.49. The van der Waals surface area contributed by atoms with Gasteiger partial charge in [0.25, 0.3) is 0 Å². The fraction of sp³-hybridized carbons (Fsp3) is 0.500. The Labute approximate surface area is 141 Å². The van der Waals surface area contributed by atoms with Gasteiger partial charge in [0.15, 0.2) is 0 Å². The summed E-state index contributed by atoms with van der Waals surface area (Å²) >= 11 is 0. The van der Waals surface area contributed by atoms with E-state index < -0.39 is 0 Å². The summed E-state index contributed by atoms with van der Waals surface area (Å²) in [6.45, 7) is 5.92. The van der Waals surface area contributed by atoms with Crippen LogP contribution < -0.4 is 5.32 Å². The van der Waals surface area contributed by atoms with Crippen molar-refractivity contribution in [1.82, 2.24) is 30.1 Å². The molecule has 0 spiro atoms. The summed E-state index contributed by atoms with van der Waals surface area (Å²) in [5, 5.41) is 13.4. The fourth-order valence-electron chi connectivity index (χ4n) is 3.84. The van der Waals surface area contributed by atoms with E-state index in [4.69, 9.17) is 0 Å². The lowest BCUT2D eigenvalue weighted by molar-refractivity contribution is 0.313. The normalized spacial score (nSPS) is 21.5. The SMILES string of the molecule is C=CCCNC[C@H]1CC[C@H](c2nnn3cnc4[nH]ccc4c23)CC1. The molecular formula is C18H24N6. The lowest BCUT2D eigenvalue weighted by atomic mass is 9.80. The number of nitrogens with zero attached hydrogens (tertiary/aromatic N) is 4. The van der Waals surface area contributed by atoms with Crippen molar-refractivity contribution in [2.24, 2.45) is 5.92 Å². The molecule has 1 saturated carbocycles. The second-order valence-electron chi connectivity index (χ2n) is 6.75. The van der Waals surface area contributed by atoms with Gasteiger partial charge in [-0.25, -0.2) is 9.50 Å². The van der Waals surface area contributed by atoms with Crippen molar-refractivity contribution in [1.29, 1.82) is 0 Å². The van der Waals surface area contributed by atoms with Crippen LogP contribution in [0.3, 0.4) is 0 Å². The number of rotatable bonds is 6. The van der Waals surface area contributed by atoms with Crippen LogP contribution in [0.15, 0.2) is 31.2 Å². The molecule has 4 rings (SSSR count). The molecule has 0 unspecified atom stereocenters. The Balaban J connectivity index is 1.47. The zero-order valence-corrected chi connectivity index (χ0v) is 13.9. The van der Waals surface area contributed by atoms with Crippen molar-refractivity contribution >= 4 is 16.6 Å². The van der Waals surface area contributed by atoms with Crippen molar-refractivity contribution in [3.05, 3.63) is 36.9 Å². The van der Waals surface area contributed by atoms with Crippen molar-refractivity contribution in [2.75, 3.05) is 13.1 Å². The molecule has 6 nitrogen and oxygen atoms in total. The maximum Gasteiger partial charge on any atom is 0.141 e. The quantitative estimate of drug-likeness (QED) is 0.540. The van der Waals surface area contributed by atoms with Crippen LogP contribution in [0.5, 0.6) is 0 Å². The number of fused-ring (bicyclic) bond motifs is 3. The molecule has 2 N–H and O–H groups in total. The lowest BCUT2D eigenvalue weighted by Gasteiger charge is -2.27. The summed E-state index contributed by atoms with van der Waals surface area (Å²) in [6.07, 6.45) is 11.6. The van der Waals surface area contributed by atoms with E-state index in [1.165, 1.54) is 25.7 Å². The Bertz CT molecular complexity index is 824. The molecule has 126 valence electrons. The third-order valence-electron chi connectivity index (χ3n) is 5.19. The molecule has 3 aromatic heterocycles. The lowest BCUT2D eigenvalue weighted by Crippen LogP contribution is -2.26. The molecule has 0 aliphatic heterocycles. The molecule has 3 aromatic rings. The summed E-state index contributed by atoms with van der Waals surface area (Å²) in [5.74, 6) is 1.29. The number of nitrogens with one attached hydrogen (secondary N) is 2. The van der Waals surface area contributed by atoms with Crippen LogP contribution in [0.1, 0.15) is 43.7 Å². The largest absolute Gasteiger partial charge is 0.346 e. The van der Waals surface area contributed by atoms with Gasteiger partial charge in [0.05, 0.1) is 5.69 Å². The first-order valence-corrected chi connectivity index (χ1v) is 8.85. The number of hydrogen-bond donors (Lipinski definition) is 2. The molecule has 3 heterocycles. The topological polar surface area (TPSA) is 70.9 Å². The predicted molar refractivity (Wildman–Crippen MR) is 95.0 cm³/mol. The Morgan fingerprint density at radius 1 is 1.33 bits per heavy atom. The summed E-state index contributed by atoms with van der Waals surface area (Å²) in [4.78, 5) is 7.56. The van der Waals surface area contributed by atoms with Gasteiger partial charge in [-0.2, -0.15) is 0 Å². The maximum atomic E-state index is 4.49. The Morgan fingerprint density at radius 2 is 2.21 bits per heavy atom. The second-order valence-corrected chi connectivity index (χ2v) is 6.75. The van der Waals surface area contributed by atoms with Crippen LogP contribution in [0.4, 0.5) is 0 Å². The third kappa shape index (κ3) is 2.82. The fourth-order valence-corrected chi connectivity index (χ4v) is 3.84. The predicted octanol–water partition coefficient (Wildman–Crippen LogP) is 3.05. The van der Waals surface area contributed by atoms with E-state index in [1.54, 1.807) is 6.33 Å². The van der Waals surface area contributed by atoms with Crippen LogP contribution in [0.2, 0.25) is 0 Å². The van der Waals surface area contributed by atoms with Crippen molar-refractivity contribution in [3.8, 4) is 0 Å². The van der Waals surface area contributed by atoms with E-state index in [1.807, 2.05) is 16.8 Å². The molecule has 0 saturated heterocycles. The van der Waals surface area contributed by atoms with E-state index >= 15 is 0 Å². The first kappa shape index (κ1) is 15.3. The molecular weight excluding hydrogens is 300 g/mol. The van der Waals surface area contributed by atoms with E-state index in [2.05, 4.69) is 38.2 Å². The van der Waals surface area contributed by atoms with Crippen LogP contribution in [0.25, 0.3) is 16.6 Å². The minimum Gasteiger partial charge on any atom is -0.346 e. The van der Waals surface area contributed by atoms with E-state index in [0.29, 0.717) is 5.92 Å². The van der Waals surface area contributed by atoms with Gasteiger partial charge in [-0.1, -0.05) is 11.3 Å². The summed E-state index contributed by atoms with van der Waals surface area (Å²) in [5.41, 5.74) is 3.17. The highest BCUT2D eigenvalue weighted by Gasteiger charge is 2.26. The number of aromatic amines is 1. The number of aromatic nitrogens is 5. The van der Waals surface area contributed by atoms with Gasteiger partial charge in [0.1, 0.15) is 17.5 Å². The van der Waals surface area contributed by atoms with E-state index in [-0.39, 0.29) is 0 Å². The molecule has 0 atom stereocenters. The monoisotopic (exact) mass is 324 g/mol. The third-order valence-corrected chi connectivity index (χ3v) is 5.19. The van der Waals surface area contributed by atoms with Gasteiger partial charge >= 0.3 is 0 Å². The average Bonchev–Trinajstić information content (AvgIpc) is 3.25. The van der Waals surface area contributed by atoms with Gasteiger partial charge in [0.2, 0.25) is 0 Å².